The molecule has 0 aromatic heterocycles. The minimum atomic E-state index is -0.156. The van der Waals surface area contributed by atoms with E-state index in [2.05, 4.69) is 87.5 Å². The second kappa shape index (κ2) is 12.5. The van der Waals surface area contributed by atoms with Crippen LogP contribution in [0.15, 0.2) is 66.7 Å². The highest BCUT2D eigenvalue weighted by atomic mass is 16.5. The normalized spacial score (nSPS) is 36.6. The first-order valence-electron chi connectivity index (χ1n) is 17.3. The van der Waals surface area contributed by atoms with E-state index in [1.165, 1.54) is 49.3 Å². The average molecular weight is 597 g/mol. The van der Waals surface area contributed by atoms with E-state index in [0.717, 1.165) is 32.1 Å². The van der Waals surface area contributed by atoms with Gasteiger partial charge in [0.1, 0.15) is 12.2 Å². The van der Waals surface area contributed by atoms with Gasteiger partial charge in [0, 0.05) is 19.3 Å². The summed E-state index contributed by atoms with van der Waals surface area (Å²) in [5.74, 6) is 3.07. The molecule has 10 atom stereocenters. The average Bonchev–Trinajstić information content (AvgIpc) is 3.37. The third-order valence-corrected chi connectivity index (χ3v) is 13.0. The smallest absolute Gasteiger partial charge is 0.302 e. The summed E-state index contributed by atoms with van der Waals surface area (Å²) in [6, 6.07) is 21.5. The standard InChI is InChI=1S/C40H52O4/c1-26(16-18-33(29-12-8-6-9-13-29)30-14-10-7-11-15-30)35-20-21-36-34-19-17-31-24-32(43-27(2)41)22-23-39(31,4)37(34)25-38(40(35,36)5)44-28(3)42/h6-15,18,26,31-32,34-38H,16-17,19-25H2,1-5H3/t26-,31-,32-,34-,35+,36+,37-,38-,39+,40-/m1/s1. The topological polar surface area (TPSA) is 52.6 Å². The number of ether oxygens (including phenoxy) is 2. The lowest BCUT2D eigenvalue weighted by Gasteiger charge is -2.62. The van der Waals surface area contributed by atoms with Crippen molar-refractivity contribution in [3.63, 3.8) is 0 Å². The van der Waals surface area contributed by atoms with E-state index in [1.54, 1.807) is 6.92 Å². The molecule has 236 valence electrons. The zero-order valence-corrected chi connectivity index (χ0v) is 27.5. The zero-order valence-electron chi connectivity index (χ0n) is 27.5. The predicted octanol–water partition coefficient (Wildman–Crippen LogP) is 9.28. The second-order valence-electron chi connectivity index (χ2n) is 15.1. The number of hydrogen-bond donors (Lipinski definition) is 0. The molecule has 0 amide bonds. The van der Waals surface area contributed by atoms with Gasteiger partial charge >= 0.3 is 11.9 Å². The van der Waals surface area contributed by atoms with Crippen LogP contribution in [0.5, 0.6) is 0 Å². The number of rotatable bonds is 7. The lowest BCUT2D eigenvalue weighted by atomic mass is 9.43. The Labute approximate surface area is 265 Å². The monoisotopic (exact) mass is 596 g/mol. The van der Waals surface area contributed by atoms with Crippen LogP contribution < -0.4 is 0 Å². The van der Waals surface area contributed by atoms with E-state index in [1.807, 2.05) is 0 Å². The van der Waals surface area contributed by atoms with Gasteiger partial charge in [-0.15, -0.1) is 0 Å². The molecule has 4 saturated carbocycles. The van der Waals surface area contributed by atoms with Gasteiger partial charge in [-0.1, -0.05) is 87.5 Å². The van der Waals surface area contributed by atoms with Crippen LogP contribution in [0.25, 0.3) is 5.57 Å². The number of fused-ring (bicyclic) bond motifs is 5. The molecule has 0 aliphatic heterocycles. The fraction of sp³-hybridized carbons (Fsp3) is 0.600. The van der Waals surface area contributed by atoms with Crippen LogP contribution in [0.4, 0.5) is 0 Å². The van der Waals surface area contributed by atoms with Crippen molar-refractivity contribution in [3.05, 3.63) is 77.9 Å². The van der Waals surface area contributed by atoms with Crippen molar-refractivity contribution >= 4 is 17.5 Å². The summed E-state index contributed by atoms with van der Waals surface area (Å²) >= 11 is 0. The Hall–Kier alpha value is -2.88. The van der Waals surface area contributed by atoms with Gasteiger partial charge in [0.2, 0.25) is 0 Å². The second-order valence-corrected chi connectivity index (χ2v) is 15.1. The summed E-state index contributed by atoms with van der Waals surface area (Å²) in [4.78, 5) is 24.4. The van der Waals surface area contributed by atoms with Gasteiger partial charge in [-0.05, 0) is 115 Å². The molecule has 0 N–H and O–H groups in total. The van der Waals surface area contributed by atoms with Crippen LogP contribution in [0.1, 0.15) is 104 Å². The van der Waals surface area contributed by atoms with Gasteiger partial charge < -0.3 is 9.47 Å². The van der Waals surface area contributed by atoms with Gasteiger partial charge in [0.05, 0.1) is 0 Å². The minimum Gasteiger partial charge on any atom is -0.463 e. The van der Waals surface area contributed by atoms with Crippen LogP contribution >= 0.6 is 0 Å². The molecule has 4 fully saturated rings. The molecule has 4 aliphatic carbocycles. The van der Waals surface area contributed by atoms with Crippen molar-refractivity contribution in [1.29, 1.82) is 0 Å². The number of carbonyl (C=O) groups is 2. The molecule has 2 aromatic rings. The van der Waals surface area contributed by atoms with Crippen molar-refractivity contribution < 1.29 is 19.1 Å². The van der Waals surface area contributed by atoms with Crippen LogP contribution in [-0.2, 0) is 19.1 Å². The summed E-state index contributed by atoms with van der Waals surface area (Å²) in [5.41, 5.74) is 4.01. The van der Waals surface area contributed by atoms with Crippen molar-refractivity contribution in [1.82, 2.24) is 0 Å². The largest absolute Gasteiger partial charge is 0.463 e. The van der Waals surface area contributed by atoms with E-state index >= 15 is 0 Å². The van der Waals surface area contributed by atoms with E-state index in [9.17, 15) is 9.59 Å². The molecule has 0 saturated heterocycles. The molecule has 4 heteroatoms. The van der Waals surface area contributed by atoms with E-state index in [-0.39, 0.29) is 35.0 Å². The quantitative estimate of drug-likeness (QED) is 0.299. The molecule has 0 spiro atoms. The van der Waals surface area contributed by atoms with Crippen molar-refractivity contribution in [2.75, 3.05) is 0 Å². The van der Waals surface area contributed by atoms with Crippen LogP contribution in [-0.4, -0.2) is 24.1 Å². The first-order chi connectivity index (χ1) is 21.1. The lowest BCUT2D eigenvalue weighted by molar-refractivity contribution is -0.197. The third-order valence-electron chi connectivity index (χ3n) is 13.0. The number of benzene rings is 2. The molecule has 6 rings (SSSR count). The first kappa shape index (κ1) is 31.1. The Kier molecular flexibility index (Phi) is 8.83. The Morgan fingerprint density at radius 3 is 2.07 bits per heavy atom. The summed E-state index contributed by atoms with van der Waals surface area (Å²) in [7, 11) is 0. The Bertz CT molecular complexity index is 1310. The number of hydrogen-bond acceptors (Lipinski definition) is 4. The van der Waals surface area contributed by atoms with Crippen molar-refractivity contribution in [2.24, 2.45) is 46.3 Å². The lowest BCUT2D eigenvalue weighted by Crippen LogP contribution is -2.59. The van der Waals surface area contributed by atoms with Crippen LogP contribution in [0.2, 0.25) is 0 Å². The Morgan fingerprint density at radius 2 is 1.45 bits per heavy atom. The van der Waals surface area contributed by atoms with E-state index in [0.29, 0.717) is 35.5 Å². The minimum absolute atomic E-state index is 0.0160. The number of carbonyl (C=O) groups excluding carboxylic acids is 2. The number of allylic oxidation sites excluding steroid dienone is 1. The predicted molar refractivity (Wildman–Crippen MR) is 175 cm³/mol. The van der Waals surface area contributed by atoms with Crippen LogP contribution in [0, 0.1) is 46.3 Å². The molecule has 4 aliphatic rings. The van der Waals surface area contributed by atoms with Gasteiger partial charge in [-0.25, -0.2) is 0 Å². The molecule has 0 bridgehead atoms. The highest BCUT2D eigenvalue weighted by Crippen LogP contribution is 2.69. The summed E-state index contributed by atoms with van der Waals surface area (Å²) in [5, 5.41) is 0. The summed E-state index contributed by atoms with van der Waals surface area (Å²) < 4.78 is 12.1. The fourth-order valence-electron chi connectivity index (χ4n) is 10.9. The van der Waals surface area contributed by atoms with Crippen molar-refractivity contribution in [3.8, 4) is 0 Å². The van der Waals surface area contributed by atoms with Crippen molar-refractivity contribution in [2.45, 2.75) is 105 Å². The molecule has 2 aromatic carbocycles. The van der Waals surface area contributed by atoms with Gasteiger partial charge in [0.25, 0.3) is 0 Å². The molecular formula is C40H52O4. The maximum Gasteiger partial charge on any atom is 0.302 e. The Balaban J connectivity index is 1.26. The van der Waals surface area contributed by atoms with Gasteiger partial charge in [0.15, 0.2) is 0 Å². The molecule has 0 radical (unpaired) electrons. The van der Waals surface area contributed by atoms with E-state index in [4.69, 9.17) is 9.47 Å². The maximum absolute atomic E-state index is 12.6. The maximum atomic E-state index is 12.6. The number of esters is 2. The molecular weight excluding hydrogens is 544 g/mol. The zero-order chi connectivity index (χ0) is 31.1. The van der Waals surface area contributed by atoms with Crippen LogP contribution in [0.3, 0.4) is 0 Å². The third kappa shape index (κ3) is 5.67. The molecule has 0 heterocycles. The molecule has 44 heavy (non-hydrogen) atoms. The highest BCUT2D eigenvalue weighted by molar-refractivity contribution is 5.79. The van der Waals surface area contributed by atoms with Gasteiger partial charge in [-0.2, -0.15) is 0 Å². The highest BCUT2D eigenvalue weighted by Gasteiger charge is 2.65. The summed E-state index contributed by atoms with van der Waals surface area (Å²) in [6.45, 7) is 10.6. The van der Waals surface area contributed by atoms with E-state index < -0.39 is 0 Å². The fourth-order valence-corrected chi connectivity index (χ4v) is 10.9. The first-order valence-corrected chi connectivity index (χ1v) is 17.3. The summed E-state index contributed by atoms with van der Waals surface area (Å²) in [6.07, 6.45) is 12.4. The van der Waals surface area contributed by atoms with Gasteiger partial charge in [-0.3, -0.25) is 9.59 Å². The molecule has 4 nitrogen and oxygen atoms in total. The Morgan fingerprint density at radius 1 is 0.818 bits per heavy atom. The SMILES string of the molecule is CC(=O)O[C@@H]1CC[C@@]2(C)[C@H](CC[C@H]3[C@H]2C[C@@H](OC(C)=O)[C@@]2(C)[C@H]3CC[C@H]2[C@H](C)CC=C(c2ccccc2)c2ccccc2)C1. The molecule has 0 unspecified atom stereocenters.